The van der Waals surface area contributed by atoms with Crippen LogP contribution >= 0.6 is 11.3 Å². The highest BCUT2D eigenvalue weighted by Gasteiger charge is 2.14. The zero-order valence-corrected chi connectivity index (χ0v) is 18.2. The minimum atomic E-state index is -0.559. The number of carbonyl (C=O) groups excluding carboxylic acids is 3. The summed E-state index contributed by atoms with van der Waals surface area (Å²) in [4.78, 5) is 40.2. The van der Waals surface area contributed by atoms with Gasteiger partial charge in [-0.05, 0) is 36.4 Å². The Kier molecular flexibility index (Phi) is 7.76. The summed E-state index contributed by atoms with van der Waals surface area (Å²) in [5.41, 5.74) is 3.58. The third kappa shape index (κ3) is 6.05. The van der Waals surface area contributed by atoms with Crippen LogP contribution in [-0.2, 0) is 16.1 Å². The molecule has 0 saturated carbocycles. The van der Waals surface area contributed by atoms with Gasteiger partial charge in [0, 0.05) is 22.2 Å². The second kappa shape index (κ2) is 10.9. The maximum absolute atomic E-state index is 12.7. The fraction of sp³-hybridized carbons (Fsp3) is 0.182. The Hall–Kier alpha value is -3.92. The highest BCUT2D eigenvalue weighted by atomic mass is 32.1. The van der Waals surface area contributed by atoms with Gasteiger partial charge in [0.05, 0.1) is 25.4 Å². The molecule has 0 unspecified atom stereocenters. The van der Waals surface area contributed by atoms with Crippen LogP contribution < -0.4 is 20.1 Å². The second-order valence-corrected chi connectivity index (χ2v) is 7.15. The highest BCUT2D eigenvalue weighted by Crippen LogP contribution is 2.29. The van der Waals surface area contributed by atoms with Crippen molar-refractivity contribution in [1.82, 2.24) is 10.3 Å². The molecule has 2 aromatic carbocycles. The summed E-state index contributed by atoms with van der Waals surface area (Å²) in [6.45, 7) is 0.0405. The number of esters is 1. The molecule has 0 aliphatic rings. The molecule has 0 fully saturated rings. The molecule has 10 heteroatoms. The van der Waals surface area contributed by atoms with E-state index in [1.54, 1.807) is 41.9 Å². The van der Waals surface area contributed by atoms with Gasteiger partial charge in [0.25, 0.3) is 11.8 Å². The molecule has 0 radical (unpaired) electrons. The van der Waals surface area contributed by atoms with Crippen LogP contribution in [0.1, 0.15) is 26.4 Å². The third-order valence-electron chi connectivity index (χ3n) is 4.29. The molecular formula is C22H21N3O6S. The van der Waals surface area contributed by atoms with Crippen molar-refractivity contribution in [2.75, 3.05) is 26.1 Å². The first-order chi connectivity index (χ1) is 15.5. The lowest BCUT2D eigenvalue weighted by atomic mass is 10.1. The van der Waals surface area contributed by atoms with E-state index >= 15 is 0 Å². The molecule has 2 N–H and O–H groups in total. The van der Waals surface area contributed by atoms with Crippen molar-refractivity contribution in [3.8, 4) is 11.5 Å². The van der Waals surface area contributed by atoms with E-state index in [4.69, 9.17) is 9.47 Å². The van der Waals surface area contributed by atoms with Crippen molar-refractivity contribution in [2.24, 2.45) is 0 Å². The van der Waals surface area contributed by atoms with Crippen molar-refractivity contribution in [1.29, 1.82) is 0 Å². The van der Waals surface area contributed by atoms with E-state index in [0.29, 0.717) is 22.7 Å². The van der Waals surface area contributed by atoms with Crippen LogP contribution in [0.25, 0.3) is 0 Å². The second-order valence-electron chi connectivity index (χ2n) is 6.43. The van der Waals surface area contributed by atoms with Crippen molar-refractivity contribution in [2.45, 2.75) is 6.61 Å². The molecule has 0 aliphatic carbocycles. The first-order valence-corrected chi connectivity index (χ1v) is 10.4. The number of nitrogens with zero attached hydrogens (tertiary/aromatic N) is 1. The number of amides is 2. The first-order valence-electron chi connectivity index (χ1n) is 9.44. The predicted octanol–water partition coefficient (Wildman–Crippen LogP) is 2.89. The highest BCUT2D eigenvalue weighted by molar-refractivity contribution is 7.07. The summed E-state index contributed by atoms with van der Waals surface area (Å²) in [5, 5.41) is 7.07. The fourth-order valence-corrected chi connectivity index (χ4v) is 3.20. The molecule has 0 aliphatic heterocycles. The molecule has 166 valence electrons. The van der Waals surface area contributed by atoms with E-state index in [1.807, 2.05) is 5.38 Å². The van der Waals surface area contributed by atoms with Gasteiger partial charge in [-0.1, -0.05) is 6.07 Å². The lowest BCUT2D eigenvalue weighted by Crippen LogP contribution is -2.30. The molecule has 32 heavy (non-hydrogen) atoms. The number of aromatic nitrogens is 1. The van der Waals surface area contributed by atoms with Crippen LogP contribution in [0.5, 0.6) is 11.5 Å². The topological polar surface area (TPSA) is 116 Å². The Balaban J connectivity index is 1.66. The lowest BCUT2D eigenvalue weighted by Gasteiger charge is -2.12. The molecular weight excluding hydrogens is 434 g/mol. The van der Waals surface area contributed by atoms with Gasteiger partial charge in [-0.3, -0.25) is 14.4 Å². The molecule has 0 spiro atoms. The Labute approximate surface area is 188 Å². The van der Waals surface area contributed by atoms with Crippen molar-refractivity contribution < 1.29 is 28.6 Å². The quantitative estimate of drug-likeness (QED) is 0.477. The molecule has 2 amide bonds. The standard InChI is InChI=1S/C22H21N3O6S/c1-29-19-9-15(6-7-18(19)31-11-17-12-32-13-24-17)22(28)25-16-5-3-4-14(8-16)21(27)23-10-20(26)30-2/h3-9,12-13H,10-11H2,1-2H3,(H,23,27)(H,25,28). The summed E-state index contributed by atoms with van der Waals surface area (Å²) in [7, 11) is 2.72. The number of ether oxygens (including phenoxy) is 3. The Morgan fingerprint density at radius 1 is 1.00 bits per heavy atom. The zero-order valence-electron chi connectivity index (χ0n) is 17.4. The number of hydrogen-bond acceptors (Lipinski definition) is 8. The number of methoxy groups -OCH3 is 2. The molecule has 0 saturated heterocycles. The smallest absolute Gasteiger partial charge is 0.325 e. The fourth-order valence-electron chi connectivity index (χ4n) is 2.66. The minimum absolute atomic E-state index is 0.247. The third-order valence-corrected chi connectivity index (χ3v) is 4.92. The zero-order chi connectivity index (χ0) is 22.9. The SMILES string of the molecule is COC(=O)CNC(=O)c1cccc(NC(=O)c2ccc(OCc3cscn3)c(OC)c2)c1. The van der Waals surface area contributed by atoms with Crippen molar-refractivity contribution in [3.63, 3.8) is 0 Å². The van der Waals surface area contributed by atoms with Crippen LogP contribution in [0.15, 0.2) is 53.4 Å². The van der Waals surface area contributed by atoms with Gasteiger partial charge in [-0.25, -0.2) is 4.98 Å². The maximum atomic E-state index is 12.7. The number of nitrogens with one attached hydrogen (secondary N) is 2. The van der Waals surface area contributed by atoms with Crippen LogP contribution in [-0.4, -0.2) is 43.5 Å². The van der Waals surface area contributed by atoms with E-state index in [1.165, 1.54) is 31.6 Å². The largest absolute Gasteiger partial charge is 0.493 e. The number of hydrogen-bond donors (Lipinski definition) is 2. The molecule has 3 aromatic rings. The number of anilines is 1. The Morgan fingerprint density at radius 3 is 2.53 bits per heavy atom. The van der Waals surface area contributed by atoms with Gasteiger partial charge in [0.15, 0.2) is 11.5 Å². The number of thiazole rings is 1. The Morgan fingerprint density at radius 2 is 1.81 bits per heavy atom. The van der Waals surface area contributed by atoms with E-state index in [2.05, 4.69) is 20.4 Å². The van der Waals surface area contributed by atoms with E-state index in [0.717, 1.165) is 5.69 Å². The lowest BCUT2D eigenvalue weighted by molar-refractivity contribution is -0.139. The summed E-state index contributed by atoms with van der Waals surface area (Å²) < 4.78 is 15.6. The molecule has 1 aromatic heterocycles. The monoisotopic (exact) mass is 455 g/mol. The number of benzene rings is 2. The van der Waals surface area contributed by atoms with Gasteiger partial charge in [-0.2, -0.15) is 0 Å². The summed E-state index contributed by atoms with van der Waals surface area (Å²) in [5.74, 6) is -0.517. The summed E-state index contributed by atoms with van der Waals surface area (Å²) in [6, 6.07) is 11.2. The van der Waals surface area contributed by atoms with Crippen LogP contribution in [0.4, 0.5) is 5.69 Å². The molecule has 0 bridgehead atoms. The first kappa shape index (κ1) is 22.8. The molecule has 3 rings (SSSR count). The summed E-state index contributed by atoms with van der Waals surface area (Å²) >= 11 is 1.48. The van der Waals surface area contributed by atoms with Gasteiger partial charge >= 0.3 is 5.97 Å². The molecule has 1 heterocycles. The molecule has 0 atom stereocenters. The van der Waals surface area contributed by atoms with Gasteiger partial charge < -0.3 is 24.8 Å². The normalized spacial score (nSPS) is 10.2. The van der Waals surface area contributed by atoms with Crippen LogP contribution in [0, 0.1) is 0 Å². The van der Waals surface area contributed by atoms with E-state index in [-0.39, 0.29) is 24.6 Å². The van der Waals surface area contributed by atoms with E-state index < -0.39 is 11.9 Å². The van der Waals surface area contributed by atoms with Crippen molar-refractivity contribution >= 4 is 34.8 Å². The Bertz CT molecular complexity index is 1100. The minimum Gasteiger partial charge on any atom is -0.493 e. The number of carbonyl (C=O) groups is 3. The average Bonchev–Trinajstić information content (AvgIpc) is 3.34. The average molecular weight is 455 g/mol. The summed E-state index contributed by atoms with van der Waals surface area (Å²) in [6.07, 6.45) is 0. The van der Waals surface area contributed by atoms with E-state index in [9.17, 15) is 14.4 Å². The predicted molar refractivity (Wildman–Crippen MR) is 118 cm³/mol. The van der Waals surface area contributed by atoms with Gasteiger partial charge in [0.2, 0.25) is 0 Å². The maximum Gasteiger partial charge on any atom is 0.325 e. The number of rotatable bonds is 9. The van der Waals surface area contributed by atoms with Crippen molar-refractivity contribution in [3.05, 3.63) is 70.2 Å². The van der Waals surface area contributed by atoms with Crippen LogP contribution in [0.3, 0.4) is 0 Å². The van der Waals surface area contributed by atoms with Gasteiger partial charge in [0.1, 0.15) is 13.2 Å². The van der Waals surface area contributed by atoms with Gasteiger partial charge in [-0.15, -0.1) is 11.3 Å². The van der Waals surface area contributed by atoms with Crippen LogP contribution in [0.2, 0.25) is 0 Å². The molecule has 9 nitrogen and oxygen atoms in total.